The van der Waals surface area contributed by atoms with Crippen LogP contribution in [-0.4, -0.2) is 38.2 Å². The molecule has 3 aliphatic rings. The Morgan fingerprint density at radius 1 is 1.10 bits per heavy atom. The third-order valence-electron chi connectivity index (χ3n) is 8.57. The molecule has 0 amide bonds. The van der Waals surface area contributed by atoms with E-state index in [0.717, 1.165) is 43.6 Å². The van der Waals surface area contributed by atoms with Crippen LogP contribution in [0.4, 0.5) is 0 Å². The molecule has 0 saturated heterocycles. The van der Waals surface area contributed by atoms with Gasteiger partial charge < -0.3 is 4.74 Å². The zero-order valence-electron chi connectivity index (χ0n) is 20.1. The van der Waals surface area contributed by atoms with E-state index in [1.54, 1.807) is 7.11 Å². The highest BCUT2D eigenvalue weighted by molar-refractivity contribution is 8.70. The summed E-state index contributed by atoms with van der Waals surface area (Å²) in [7, 11) is -1.99. The van der Waals surface area contributed by atoms with Crippen LogP contribution < -0.4 is 0 Å². The number of methoxy groups -OCH3 is 1. The molecule has 3 rings (SSSR count). The molecule has 0 spiro atoms. The molecule has 3 aliphatic carbocycles. The molecule has 0 aromatic heterocycles. The average molecular weight is 477 g/mol. The van der Waals surface area contributed by atoms with Gasteiger partial charge in [-0.2, -0.15) is 8.42 Å². The van der Waals surface area contributed by atoms with Crippen molar-refractivity contribution < 1.29 is 22.5 Å². The van der Waals surface area contributed by atoms with Gasteiger partial charge in [-0.05, 0) is 80.0 Å². The molecule has 0 bridgehead atoms. The van der Waals surface area contributed by atoms with Crippen LogP contribution in [0.3, 0.4) is 0 Å². The first-order chi connectivity index (χ1) is 14.7. The molecule has 7 atom stereocenters. The summed E-state index contributed by atoms with van der Waals surface area (Å²) in [5, 5.41) is 0. The Labute approximate surface area is 194 Å². The van der Waals surface area contributed by atoms with E-state index in [1.165, 1.54) is 38.5 Å². The molecular formula is C24H44O5S2. The number of hydrogen-bond acceptors (Lipinski definition) is 5. The summed E-state index contributed by atoms with van der Waals surface area (Å²) >= 11 is 0. The van der Waals surface area contributed by atoms with Crippen LogP contribution in [0, 0.1) is 40.9 Å². The number of ketones is 1. The van der Waals surface area contributed by atoms with E-state index in [-0.39, 0.29) is 22.9 Å². The minimum absolute atomic E-state index is 0.00580. The van der Waals surface area contributed by atoms with Crippen molar-refractivity contribution in [3.05, 3.63) is 0 Å². The summed E-state index contributed by atoms with van der Waals surface area (Å²) in [5.41, 5.74) is -0.00580. The van der Waals surface area contributed by atoms with Crippen LogP contribution >= 0.6 is 10.8 Å². The predicted octanol–water partition coefficient (Wildman–Crippen LogP) is 6.04. The number of ether oxygens (including phenoxy) is 1. The van der Waals surface area contributed by atoms with E-state index in [9.17, 15) is 13.2 Å². The molecule has 0 radical (unpaired) electrons. The van der Waals surface area contributed by atoms with Gasteiger partial charge >= 0.3 is 9.15 Å². The van der Waals surface area contributed by atoms with Crippen molar-refractivity contribution >= 4 is 25.7 Å². The Morgan fingerprint density at radius 3 is 2.42 bits per heavy atom. The lowest BCUT2D eigenvalue weighted by Crippen LogP contribution is -2.48. The van der Waals surface area contributed by atoms with Gasteiger partial charge in [0, 0.05) is 30.4 Å². The largest absolute Gasteiger partial charge is 0.385 e. The second kappa shape index (κ2) is 11.8. The summed E-state index contributed by atoms with van der Waals surface area (Å²) in [6.45, 7) is 9.43. The van der Waals surface area contributed by atoms with E-state index >= 15 is 0 Å². The van der Waals surface area contributed by atoms with Crippen molar-refractivity contribution in [3.8, 4) is 0 Å². The number of hydrogen-bond donors (Lipinski definition) is 1. The maximum atomic E-state index is 12.8. The van der Waals surface area contributed by atoms with E-state index in [1.807, 2.05) is 13.8 Å². The van der Waals surface area contributed by atoms with Crippen LogP contribution in [0.15, 0.2) is 0 Å². The molecule has 5 nitrogen and oxygen atoms in total. The van der Waals surface area contributed by atoms with E-state index in [4.69, 9.17) is 9.29 Å². The maximum Gasteiger partial charge on any atom is 0.320 e. The van der Waals surface area contributed by atoms with Gasteiger partial charge in [0.15, 0.2) is 0 Å². The molecule has 1 N–H and O–H groups in total. The Morgan fingerprint density at radius 2 is 1.81 bits per heavy atom. The summed E-state index contributed by atoms with van der Waals surface area (Å²) in [5.74, 6) is 3.43. The fraction of sp³-hybridized carbons (Fsp3) is 0.958. The lowest BCUT2D eigenvalue weighted by atomic mass is 9.50. The molecule has 0 aromatic rings. The molecule has 3 fully saturated rings. The Kier molecular flexibility index (Phi) is 10.4. The summed E-state index contributed by atoms with van der Waals surface area (Å²) in [6, 6.07) is 0. The van der Waals surface area contributed by atoms with Gasteiger partial charge in [-0.25, -0.2) is 0 Å². The van der Waals surface area contributed by atoms with Gasteiger partial charge in [0.2, 0.25) is 0 Å². The lowest BCUT2D eigenvalue weighted by molar-refractivity contribution is -0.127. The van der Waals surface area contributed by atoms with Crippen LogP contribution in [0.2, 0.25) is 0 Å². The molecule has 0 aromatic carbocycles. The maximum absolute atomic E-state index is 12.8. The van der Waals surface area contributed by atoms with E-state index in [0.29, 0.717) is 22.6 Å². The Bertz CT molecular complexity index is 679. The monoisotopic (exact) mass is 476 g/mol. The molecule has 7 unspecified atom stereocenters. The number of carbonyl (C=O) groups excluding carboxylic acids is 1. The van der Waals surface area contributed by atoms with Crippen molar-refractivity contribution in [3.63, 3.8) is 0 Å². The molecule has 182 valence electrons. The van der Waals surface area contributed by atoms with Crippen molar-refractivity contribution in [2.75, 3.05) is 19.5 Å². The van der Waals surface area contributed by atoms with Gasteiger partial charge in [-0.15, -0.1) is 0 Å². The summed E-state index contributed by atoms with van der Waals surface area (Å²) in [6.07, 6.45) is 10.5. The molecule has 0 aliphatic heterocycles. The van der Waals surface area contributed by atoms with Crippen LogP contribution in [0.25, 0.3) is 0 Å². The highest BCUT2D eigenvalue weighted by Gasteiger charge is 2.57. The summed E-state index contributed by atoms with van der Waals surface area (Å²) in [4.78, 5) is 12.8. The van der Waals surface area contributed by atoms with Crippen LogP contribution in [0.1, 0.15) is 85.5 Å². The van der Waals surface area contributed by atoms with Gasteiger partial charge in [0.25, 0.3) is 0 Å². The number of rotatable bonds is 9. The van der Waals surface area contributed by atoms with Crippen molar-refractivity contribution in [2.45, 2.75) is 85.5 Å². The highest BCUT2D eigenvalue weighted by Crippen LogP contribution is 2.63. The first-order valence-electron chi connectivity index (χ1n) is 12.3. The average Bonchev–Trinajstić information content (AvgIpc) is 3.10. The second-order valence-corrected chi connectivity index (χ2v) is 13.2. The number of Topliss-reactive ketones (excluding diaryl/α,β-unsaturated/α-hetero) is 1. The van der Waals surface area contributed by atoms with Crippen molar-refractivity contribution in [1.29, 1.82) is 0 Å². The van der Waals surface area contributed by atoms with E-state index < -0.39 is 9.15 Å². The first kappa shape index (κ1) is 27.1. The van der Waals surface area contributed by atoms with Gasteiger partial charge in [0.05, 0.1) is 5.75 Å². The lowest BCUT2D eigenvalue weighted by Gasteiger charge is -2.54. The first-order valence-corrected chi connectivity index (χ1v) is 15.3. The topological polar surface area (TPSA) is 80.7 Å². The minimum atomic E-state index is -4.16. The highest BCUT2D eigenvalue weighted by atomic mass is 33.1. The Hall–Kier alpha value is -0.110. The molecular weight excluding hydrogens is 432 g/mol. The van der Waals surface area contributed by atoms with Gasteiger partial charge in [0.1, 0.15) is 5.78 Å². The quantitative estimate of drug-likeness (QED) is 0.323. The molecule has 31 heavy (non-hydrogen) atoms. The van der Waals surface area contributed by atoms with Crippen molar-refractivity contribution in [1.82, 2.24) is 0 Å². The number of carbonyl (C=O) groups is 1. The van der Waals surface area contributed by atoms with Crippen LogP contribution in [-0.2, 0) is 18.7 Å². The zero-order valence-corrected chi connectivity index (χ0v) is 21.8. The minimum Gasteiger partial charge on any atom is -0.385 e. The smallest absolute Gasteiger partial charge is 0.320 e. The van der Waals surface area contributed by atoms with Gasteiger partial charge in [-0.3, -0.25) is 9.35 Å². The van der Waals surface area contributed by atoms with Crippen molar-refractivity contribution in [2.24, 2.45) is 40.9 Å². The predicted molar refractivity (Wildman–Crippen MR) is 129 cm³/mol. The third kappa shape index (κ3) is 6.27. The SMILES string of the molecule is CC.CCCC1C(CCOC)CCC2C1CCC1(C)C(C(=O)CSS(=O)(=O)O)CCC21. The molecule has 7 heteroatoms. The Balaban J connectivity index is 0.00000166. The zero-order chi connectivity index (χ0) is 23.2. The standard InChI is InChI=1S/C22H38O5S2.C2H6/c1-4-5-16-15(11-13-27-3)6-7-18-17(16)10-12-22(2)19(18)8-9-20(22)21(23)14-28-29(24,25)26;1-2/h15-20H,4-14H2,1-3H3,(H,24,25,26);1-2H3. The van der Waals surface area contributed by atoms with Crippen LogP contribution in [0.5, 0.6) is 0 Å². The van der Waals surface area contributed by atoms with E-state index in [2.05, 4.69) is 13.8 Å². The fourth-order valence-electron chi connectivity index (χ4n) is 7.41. The third-order valence-corrected chi connectivity index (χ3v) is 10.5. The fourth-order valence-corrected chi connectivity index (χ4v) is 8.67. The molecule has 3 saturated carbocycles. The normalized spacial score (nSPS) is 37.4. The second-order valence-electron chi connectivity index (χ2n) is 9.84. The number of fused-ring (bicyclic) bond motifs is 3. The summed E-state index contributed by atoms with van der Waals surface area (Å²) < 4.78 is 36.5. The molecule has 0 heterocycles. The van der Waals surface area contributed by atoms with Gasteiger partial charge in [-0.1, -0.05) is 40.5 Å².